The summed E-state index contributed by atoms with van der Waals surface area (Å²) in [7, 11) is 0. The van der Waals surface area contributed by atoms with Gasteiger partial charge in [-0.1, -0.05) is 11.6 Å². The van der Waals surface area contributed by atoms with Crippen molar-refractivity contribution in [2.75, 3.05) is 11.9 Å². The molecule has 0 aliphatic rings. The Morgan fingerprint density at radius 3 is 2.56 bits per heavy atom. The van der Waals surface area contributed by atoms with Crippen LogP contribution >= 0.6 is 11.6 Å². The number of alkyl halides is 3. The van der Waals surface area contributed by atoms with Crippen LogP contribution in [-0.2, 0) is 4.79 Å². The number of fused-ring (bicyclic) bond motifs is 1. The van der Waals surface area contributed by atoms with E-state index < -0.39 is 12.3 Å². The molecule has 3 aromatic rings. The number of ether oxygens (including phenoxy) is 2. The number of carbonyl (C=O) groups excluding carboxylic acids is 1. The second-order valence-electron chi connectivity index (χ2n) is 5.25. The molecule has 6 nitrogen and oxygen atoms in total. The first-order valence-corrected chi connectivity index (χ1v) is 7.87. The van der Waals surface area contributed by atoms with Gasteiger partial charge in [-0.05, 0) is 42.5 Å². The summed E-state index contributed by atoms with van der Waals surface area (Å²) in [6.07, 6.45) is -3.49. The van der Waals surface area contributed by atoms with E-state index in [0.29, 0.717) is 15.9 Å². The quantitative estimate of drug-likeness (QED) is 0.698. The van der Waals surface area contributed by atoms with Crippen molar-refractivity contribution in [1.82, 2.24) is 9.97 Å². The number of rotatable bonds is 5. The van der Waals surface area contributed by atoms with Crippen LogP contribution in [0.25, 0.3) is 10.9 Å². The maximum absolute atomic E-state index is 12.1. The number of hydrogen-bond acceptors (Lipinski definition) is 5. The van der Waals surface area contributed by atoms with Crippen molar-refractivity contribution in [2.24, 2.45) is 0 Å². The largest absolute Gasteiger partial charge is 0.573 e. The van der Waals surface area contributed by atoms with Gasteiger partial charge in [0.1, 0.15) is 12.1 Å². The average Bonchev–Trinajstić information content (AvgIpc) is 2.60. The summed E-state index contributed by atoms with van der Waals surface area (Å²) < 4.78 is 45.5. The molecular weight excluding hydrogens is 387 g/mol. The maximum atomic E-state index is 12.1. The van der Waals surface area contributed by atoms with Gasteiger partial charge in [0.15, 0.2) is 6.61 Å². The fourth-order valence-electron chi connectivity index (χ4n) is 2.19. The Bertz CT molecular complexity index is 965. The van der Waals surface area contributed by atoms with Gasteiger partial charge in [-0.15, -0.1) is 13.2 Å². The standard InChI is InChI=1S/C17H11ClF3N3O3/c18-10-1-6-13-14(7-10)22-9-23-16(13)26-8-15(25)24-11-2-4-12(5-3-11)27-17(19,20)21/h1-7,9H,8H2,(H,24,25). The zero-order chi connectivity index (χ0) is 19.4. The molecule has 0 bridgehead atoms. The van der Waals surface area contributed by atoms with Crippen molar-refractivity contribution in [1.29, 1.82) is 0 Å². The van der Waals surface area contributed by atoms with Crippen LogP contribution in [0.2, 0.25) is 5.02 Å². The number of hydrogen-bond donors (Lipinski definition) is 1. The van der Waals surface area contributed by atoms with Gasteiger partial charge in [-0.2, -0.15) is 0 Å². The molecule has 1 aromatic heterocycles. The Morgan fingerprint density at radius 2 is 1.85 bits per heavy atom. The molecule has 140 valence electrons. The van der Waals surface area contributed by atoms with Crippen LogP contribution in [0, 0.1) is 0 Å². The summed E-state index contributed by atoms with van der Waals surface area (Å²) in [6, 6.07) is 9.69. The van der Waals surface area contributed by atoms with Gasteiger partial charge in [0.2, 0.25) is 5.88 Å². The summed E-state index contributed by atoms with van der Waals surface area (Å²) in [4.78, 5) is 20.0. The number of carbonyl (C=O) groups is 1. The van der Waals surface area contributed by atoms with E-state index in [0.717, 1.165) is 12.1 Å². The number of halogens is 4. The minimum absolute atomic E-state index is 0.209. The normalized spacial score (nSPS) is 11.3. The lowest BCUT2D eigenvalue weighted by Crippen LogP contribution is -2.20. The molecule has 1 N–H and O–H groups in total. The van der Waals surface area contributed by atoms with E-state index in [-0.39, 0.29) is 23.9 Å². The van der Waals surface area contributed by atoms with Gasteiger partial charge in [-0.25, -0.2) is 9.97 Å². The Hall–Kier alpha value is -3.07. The van der Waals surface area contributed by atoms with Gasteiger partial charge < -0.3 is 14.8 Å². The Kier molecular flexibility index (Phi) is 5.31. The fourth-order valence-corrected chi connectivity index (χ4v) is 2.36. The molecule has 0 radical (unpaired) electrons. The SMILES string of the molecule is O=C(COc1ncnc2cc(Cl)ccc12)Nc1ccc(OC(F)(F)F)cc1. The predicted octanol–water partition coefficient (Wildman–Crippen LogP) is 4.20. The summed E-state index contributed by atoms with van der Waals surface area (Å²) in [5.74, 6) is -0.691. The highest BCUT2D eigenvalue weighted by molar-refractivity contribution is 6.31. The van der Waals surface area contributed by atoms with Crippen molar-refractivity contribution >= 4 is 34.1 Å². The van der Waals surface area contributed by atoms with Crippen molar-refractivity contribution in [3.63, 3.8) is 0 Å². The summed E-state index contributed by atoms with van der Waals surface area (Å²) in [5, 5.41) is 3.58. The first-order chi connectivity index (χ1) is 12.8. The van der Waals surface area contributed by atoms with E-state index in [2.05, 4.69) is 20.0 Å². The van der Waals surface area contributed by atoms with Crippen molar-refractivity contribution < 1.29 is 27.4 Å². The van der Waals surface area contributed by atoms with E-state index in [1.807, 2.05) is 0 Å². The Morgan fingerprint density at radius 1 is 1.11 bits per heavy atom. The summed E-state index contributed by atoms with van der Waals surface area (Å²) in [6.45, 7) is -0.352. The smallest absolute Gasteiger partial charge is 0.467 e. The van der Waals surface area contributed by atoms with Gasteiger partial charge in [0.25, 0.3) is 5.91 Å². The summed E-state index contributed by atoms with van der Waals surface area (Å²) >= 11 is 5.90. The Balaban J connectivity index is 1.60. The molecule has 0 spiro atoms. The molecule has 0 unspecified atom stereocenters. The molecular formula is C17H11ClF3N3O3. The average molecular weight is 398 g/mol. The number of nitrogens with one attached hydrogen (secondary N) is 1. The number of amides is 1. The van der Waals surface area contributed by atoms with Crippen LogP contribution in [0.1, 0.15) is 0 Å². The monoisotopic (exact) mass is 397 g/mol. The highest BCUT2D eigenvalue weighted by atomic mass is 35.5. The van der Waals surface area contributed by atoms with Crippen LogP contribution in [0.5, 0.6) is 11.6 Å². The lowest BCUT2D eigenvalue weighted by Gasteiger charge is -2.10. The summed E-state index contributed by atoms with van der Waals surface area (Å²) in [5.41, 5.74) is 0.852. The first kappa shape index (κ1) is 18.7. The highest BCUT2D eigenvalue weighted by Gasteiger charge is 2.30. The molecule has 3 rings (SSSR count). The van der Waals surface area contributed by atoms with Gasteiger partial charge >= 0.3 is 6.36 Å². The van der Waals surface area contributed by atoms with Crippen LogP contribution in [0.15, 0.2) is 48.8 Å². The molecule has 1 heterocycles. The van der Waals surface area contributed by atoms with E-state index in [4.69, 9.17) is 16.3 Å². The highest BCUT2D eigenvalue weighted by Crippen LogP contribution is 2.25. The molecule has 0 saturated carbocycles. The molecule has 27 heavy (non-hydrogen) atoms. The molecule has 2 aromatic carbocycles. The number of anilines is 1. The van der Waals surface area contributed by atoms with Crippen molar-refractivity contribution in [2.45, 2.75) is 6.36 Å². The lowest BCUT2D eigenvalue weighted by molar-refractivity contribution is -0.274. The molecule has 0 atom stereocenters. The molecule has 0 aliphatic heterocycles. The molecule has 0 saturated heterocycles. The minimum Gasteiger partial charge on any atom is -0.467 e. The third-order valence-corrected chi connectivity index (χ3v) is 3.51. The van der Waals surface area contributed by atoms with E-state index in [1.165, 1.54) is 18.5 Å². The van der Waals surface area contributed by atoms with E-state index >= 15 is 0 Å². The Labute approximate surface area is 155 Å². The topological polar surface area (TPSA) is 73.3 Å². The van der Waals surface area contributed by atoms with Crippen LogP contribution < -0.4 is 14.8 Å². The zero-order valence-electron chi connectivity index (χ0n) is 13.5. The molecule has 0 aliphatic carbocycles. The van der Waals surface area contributed by atoms with Gasteiger partial charge in [-0.3, -0.25) is 4.79 Å². The zero-order valence-corrected chi connectivity index (χ0v) is 14.2. The lowest BCUT2D eigenvalue weighted by atomic mass is 10.2. The third-order valence-electron chi connectivity index (χ3n) is 3.27. The van der Waals surface area contributed by atoms with Crippen LogP contribution in [0.4, 0.5) is 18.9 Å². The molecule has 0 fully saturated rings. The first-order valence-electron chi connectivity index (χ1n) is 7.49. The number of benzene rings is 2. The van der Waals surface area contributed by atoms with Gasteiger partial charge in [0, 0.05) is 10.7 Å². The second kappa shape index (κ2) is 7.67. The second-order valence-corrected chi connectivity index (χ2v) is 5.69. The van der Waals surface area contributed by atoms with Crippen molar-refractivity contribution in [3.05, 3.63) is 53.8 Å². The fraction of sp³-hybridized carbons (Fsp3) is 0.118. The number of nitrogens with zero attached hydrogens (tertiary/aromatic N) is 2. The van der Waals surface area contributed by atoms with Crippen LogP contribution in [0.3, 0.4) is 0 Å². The van der Waals surface area contributed by atoms with Crippen molar-refractivity contribution in [3.8, 4) is 11.6 Å². The van der Waals surface area contributed by atoms with E-state index in [1.54, 1.807) is 18.2 Å². The van der Waals surface area contributed by atoms with E-state index in [9.17, 15) is 18.0 Å². The maximum Gasteiger partial charge on any atom is 0.573 e. The van der Waals surface area contributed by atoms with Crippen LogP contribution in [-0.4, -0.2) is 28.8 Å². The predicted molar refractivity (Wildman–Crippen MR) is 91.8 cm³/mol. The molecule has 10 heteroatoms. The van der Waals surface area contributed by atoms with Gasteiger partial charge in [0.05, 0.1) is 10.9 Å². The number of aromatic nitrogens is 2. The third kappa shape index (κ3) is 5.20. The minimum atomic E-state index is -4.77. The molecule has 1 amide bonds.